The molecule has 0 bridgehead atoms. The Bertz CT molecular complexity index is 867. The minimum atomic E-state index is -3.04. The molecule has 0 aliphatic rings. The van der Waals surface area contributed by atoms with Crippen molar-refractivity contribution in [3.05, 3.63) is 58.9 Å². The van der Waals surface area contributed by atoms with Crippen LogP contribution in [0.2, 0.25) is 0 Å². The average Bonchev–Trinajstić information content (AvgIpc) is 2.63. The van der Waals surface area contributed by atoms with E-state index in [2.05, 4.69) is 4.74 Å². The van der Waals surface area contributed by atoms with Crippen molar-refractivity contribution in [2.24, 2.45) is 0 Å². The fourth-order valence-corrected chi connectivity index (χ4v) is 2.29. The molecule has 0 atom stereocenters. The predicted octanol–water partition coefficient (Wildman–Crippen LogP) is 4.84. The van der Waals surface area contributed by atoms with Gasteiger partial charge in [0.2, 0.25) is 18.0 Å². The molecule has 150 valence electrons. The summed E-state index contributed by atoms with van der Waals surface area (Å²) in [6.07, 6.45) is -3.25. The van der Waals surface area contributed by atoms with Gasteiger partial charge in [-0.15, -0.1) is 0 Å². The Morgan fingerprint density at radius 1 is 0.929 bits per heavy atom. The summed E-state index contributed by atoms with van der Waals surface area (Å²) < 4.78 is 71.7. The van der Waals surface area contributed by atoms with Gasteiger partial charge in [0.1, 0.15) is 5.75 Å². The Kier molecular flexibility index (Phi) is 7.08. The van der Waals surface area contributed by atoms with Gasteiger partial charge in [-0.25, -0.2) is 13.2 Å². The summed E-state index contributed by atoms with van der Waals surface area (Å²) >= 11 is 0. The van der Waals surface area contributed by atoms with Gasteiger partial charge in [-0.2, -0.15) is 8.78 Å². The fourth-order valence-electron chi connectivity index (χ4n) is 2.29. The van der Waals surface area contributed by atoms with Gasteiger partial charge in [-0.3, -0.25) is 9.59 Å². The highest BCUT2D eigenvalue weighted by molar-refractivity contribution is 6.49. The Balaban J connectivity index is 2.18. The smallest absolute Gasteiger partial charge is 0.387 e. The summed E-state index contributed by atoms with van der Waals surface area (Å²) in [5.74, 6) is -3.41. The molecule has 9 heteroatoms. The first-order valence-corrected chi connectivity index (χ1v) is 8.04. The van der Waals surface area contributed by atoms with Gasteiger partial charge in [0.05, 0.1) is 6.61 Å². The summed E-state index contributed by atoms with van der Waals surface area (Å²) in [4.78, 5) is 24.7. The second kappa shape index (κ2) is 9.29. The standard InChI is InChI=1S/C19H15F5O4/c1-10-8-11(3-5-14(10)28-19(23)24)17(25)18(26)12-2-4-13(20)15(9-12)27-7-6-16(21)22/h2-5,8-9,16,19H,6-7H2,1H3. The lowest BCUT2D eigenvalue weighted by atomic mass is 9.99. The molecule has 2 aromatic rings. The highest BCUT2D eigenvalue weighted by Gasteiger charge is 2.21. The van der Waals surface area contributed by atoms with Gasteiger partial charge in [0.15, 0.2) is 11.6 Å². The topological polar surface area (TPSA) is 52.6 Å². The number of carbonyl (C=O) groups is 2. The average molecular weight is 402 g/mol. The van der Waals surface area contributed by atoms with E-state index in [0.29, 0.717) is 0 Å². The van der Waals surface area contributed by atoms with E-state index in [-0.39, 0.29) is 22.4 Å². The third-order valence-electron chi connectivity index (χ3n) is 3.65. The van der Waals surface area contributed by atoms with Crippen molar-refractivity contribution in [3.63, 3.8) is 0 Å². The quantitative estimate of drug-likeness (QED) is 0.342. The molecular formula is C19H15F5O4. The van der Waals surface area contributed by atoms with Crippen LogP contribution in [0.15, 0.2) is 36.4 Å². The molecule has 2 rings (SSSR count). The van der Waals surface area contributed by atoms with Crippen molar-refractivity contribution in [2.45, 2.75) is 26.4 Å². The molecule has 0 N–H and O–H groups in total. The zero-order valence-electron chi connectivity index (χ0n) is 14.6. The number of alkyl halides is 4. The molecule has 0 radical (unpaired) electrons. The van der Waals surface area contributed by atoms with E-state index in [9.17, 15) is 31.5 Å². The maximum absolute atomic E-state index is 13.7. The SMILES string of the molecule is Cc1cc(C(=O)C(=O)c2ccc(F)c(OCCC(F)F)c2)ccc1OC(F)F. The molecule has 0 heterocycles. The molecule has 4 nitrogen and oxygen atoms in total. The summed E-state index contributed by atoms with van der Waals surface area (Å²) in [7, 11) is 0. The van der Waals surface area contributed by atoms with Crippen LogP contribution in [-0.4, -0.2) is 31.2 Å². The Labute approximate surface area is 156 Å². The molecule has 0 amide bonds. The lowest BCUT2D eigenvalue weighted by molar-refractivity contribution is -0.0503. The number of hydrogen-bond acceptors (Lipinski definition) is 4. The molecule has 0 aliphatic heterocycles. The van der Waals surface area contributed by atoms with Crippen LogP contribution in [0.25, 0.3) is 0 Å². The van der Waals surface area contributed by atoms with Crippen LogP contribution in [0.5, 0.6) is 11.5 Å². The number of carbonyl (C=O) groups excluding carboxylic acids is 2. The van der Waals surface area contributed by atoms with E-state index < -0.39 is 49.2 Å². The first-order valence-electron chi connectivity index (χ1n) is 8.04. The molecule has 2 aromatic carbocycles. The largest absolute Gasteiger partial charge is 0.490 e. The van der Waals surface area contributed by atoms with Gasteiger partial charge >= 0.3 is 6.61 Å². The Morgan fingerprint density at radius 2 is 1.54 bits per heavy atom. The summed E-state index contributed by atoms with van der Waals surface area (Å²) in [6, 6.07) is 6.36. The first kappa shape index (κ1) is 21.3. The van der Waals surface area contributed by atoms with E-state index in [1.54, 1.807) is 0 Å². The van der Waals surface area contributed by atoms with E-state index in [0.717, 1.165) is 30.3 Å². The molecule has 0 aliphatic carbocycles. The molecule has 0 fully saturated rings. The van der Waals surface area contributed by atoms with Gasteiger partial charge in [-0.1, -0.05) is 0 Å². The molecule has 0 saturated heterocycles. The minimum Gasteiger partial charge on any atom is -0.490 e. The van der Waals surface area contributed by atoms with E-state index in [4.69, 9.17) is 4.74 Å². The second-order valence-electron chi connectivity index (χ2n) is 5.69. The van der Waals surface area contributed by atoms with E-state index in [1.165, 1.54) is 13.0 Å². The van der Waals surface area contributed by atoms with Crippen LogP contribution in [0, 0.1) is 12.7 Å². The highest BCUT2D eigenvalue weighted by Crippen LogP contribution is 2.24. The minimum absolute atomic E-state index is 0.0754. The second-order valence-corrected chi connectivity index (χ2v) is 5.69. The molecule has 0 unspecified atom stereocenters. The number of ketones is 2. The maximum Gasteiger partial charge on any atom is 0.387 e. The van der Waals surface area contributed by atoms with E-state index >= 15 is 0 Å². The summed E-state index contributed by atoms with van der Waals surface area (Å²) in [5, 5.41) is 0. The van der Waals surface area contributed by atoms with Crippen molar-refractivity contribution in [1.29, 1.82) is 0 Å². The van der Waals surface area contributed by atoms with Crippen molar-refractivity contribution in [3.8, 4) is 11.5 Å². The number of halogens is 5. The van der Waals surface area contributed by atoms with Crippen molar-refractivity contribution >= 4 is 11.6 Å². The Morgan fingerprint density at radius 3 is 2.11 bits per heavy atom. The van der Waals surface area contributed by atoms with Gasteiger partial charge < -0.3 is 9.47 Å². The monoisotopic (exact) mass is 402 g/mol. The molecular weight excluding hydrogens is 387 g/mol. The number of hydrogen-bond donors (Lipinski definition) is 0. The maximum atomic E-state index is 13.7. The van der Waals surface area contributed by atoms with Crippen molar-refractivity contribution in [2.75, 3.05) is 6.61 Å². The van der Waals surface area contributed by atoms with Gasteiger partial charge in [0, 0.05) is 17.5 Å². The van der Waals surface area contributed by atoms with Gasteiger partial charge in [0.25, 0.3) is 0 Å². The van der Waals surface area contributed by atoms with Crippen LogP contribution in [0.1, 0.15) is 32.7 Å². The predicted molar refractivity (Wildman–Crippen MR) is 89.0 cm³/mol. The normalized spacial score (nSPS) is 11.0. The third-order valence-corrected chi connectivity index (χ3v) is 3.65. The Hall–Kier alpha value is -2.97. The number of aryl methyl sites for hydroxylation is 1. The fraction of sp³-hybridized carbons (Fsp3) is 0.263. The van der Waals surface area contributed by atoms with Crippen molar-refractivity contribution in [1.82, 2.24) is 0 Å². The summed E-state index contributed by atoms with van der Waals surface area (Å²) in [5.41, 5.74) is -0.0632. The van der Waals surface area contributed by atoms with Gasteiger partial charge in [-0.05, 0) is 48.9 Å². The van der Waals surface area contributed by atoms with Crippen LogP contribution >= 0.6 is 0 Å². The molecule has 0 saturated carbocycles. The number of ether oxygens (including phenoxy) is 2. The van der Waals surface area contributed by atoms with Crippen LogP contribution in [-0.2, 0) is 0 Å². The molecule has 28 heavy (non-hydrogen) atoms. The van der Waals surface area contributed by atoms with Crippen LogP contribution in [0.3, 0.4) is 0 Å². The van der Waals surface area contributed by atoms with Crippen LogP contribution < -0.4 is 9.47 Å². The number of Topliss-reactive ketones (excluding diaryl/α,β-unsaturated/α-hetero) is 2. The lowest BCUT2D eigenvalue weighted by Crippen LogP contribution is -2.15. The first-order chi connectivity index (χ1) is 13.2. The molecule has 0 spiro atoms. The zero-order chi connectivity index (χ0) is 20.8. The number of rotatable bonds is 9. The molecule has 0 aromatic heterocycles. The zero-order valence-corrected chi connectivity index (χ0v) is 14.6. The summed E-state index contributed by atoms with van der Waals surface area (Å²) in [6.45, 7) is -2.08. The van der Waals surface area contributed by atoms with Crippen molar-refractivity contribution < 1.29 is 41.0 Å². The van der Waals surface area contributed by atoms with Crippen LogP contribution in [0.4, 0.5) is 22.0 Å². The highest BCUT2D eigenvalue weighted by atomic mass is 19.3. The van der Waals surface area contributed by atoms with E-state index in [1.807, 2.05) is 0 Å². The third kappa shape index (κ3) is 5.51. The lowest BCUT2D eigenvalue weighted by Gasteiger charge is -2.10. The number of benzene rings is 2.